The van der Waals surface area contributed by atoms with Crippen molar-refractivity contribution in [2.24, 2.45) is 0 Å². The lowest BCUT2D eigenvalue weighted by molar-refractivity contribution is 0.600. The van der Waals surface area contributed by atoms with Crippen LogP contribution in [0.25, 0.3) is 0 Å². The van der Waals surface area contributed by atoms with Gasteiger partial charge in [-0.25, -0.2) is 8.42 Å². The van der Waals surface area contributed by atoms with Crippen LogP contribution in [0.1, 0.15) is 31.7 Å². The molecule has 0 radical (unpaired) electrons. The highest BCUT2D eigenvalue weighted by molar-refractivity contribution is 7.92. The average Bonchev–Trinajstić information content (AvgIpc) is 2.26. The van der Waals surface area contributed by atoms with Gasteiger partial charge in [0.1, 0.15) is 0 Å². The molecular formula is C12H18ClNO2S. The molecule has 0 fully saturated rings. The van der Waals surface area contributed by atoms with Crippen LogP contribution in [0, 0.1) is 0 Å². The molecule has 0 aromatic heterocycles. The molecule has 0 saturated heterocycles. The van der Waals surface area contributed by atoms with E-state index in [9.17, 15) is 8.42 Å². The molecule has 0 aliphatic heterocycles. The number of alkyl halides is 1. The van der Waals surface area contributed by atoms with Crippen LogP contribution in [0.15, 0.2) is 24.3 Å². The molecule has 0 aliphatic rings. The molecule has 17 heavy (non-hydrogen) atoms. The van der Waals surface area contributed by atoms with Gasteiger partial charge in [-0.1, -0.05) is 26.0 Å². The van der Waals surface area contributed by atoms with Gasteiger partial charge in [-0.15, -0.1) is 11.6 Å². The molecule has 0 saturated carbocycles. The fraction of sp³-hybridized carbons (Fsp3) is 0.500. The van der Waals surface area contributed by atoms with E-state index in [1.165, 1.54) is 0 Å². The summed E-state index contributed by atoms with van der Waals surface area (Å²) in [6.07, 6.45) is 0.459. The maximum atomic E-state index is 11.7. The van der Waals surface area contributed by atoms with Crippen LogP contribution >= 0.6 is 11.6 Å². The van der Waals surface area contributed by atoms with Gasteiger partial charge in [0.05, 0.1) is 5.75 Å². The molecule has 0 amide bonds. The number of halogens is 1. The Kier molecular flexibility index (Phi) is 5.28. The van der Waals surface area contributed by atoms with Gasteiger partial charge in [0.25, 0.3) is 0 Å². The van der Waals surface area contributed by atoms with Gasteiger partial charge >= 0.3 is 0 Å². The first-order valence-corrected chi connectivity index (χ1v) is 7.79. The predicted octanol–water partition coefficient (Wildman–Crippen LogP) is 3.18. The highest BCUT2D eigenvalue weighted by Gasteiger charge is 2.10. The van der Waals surface area contributed by atoms with Crippen LogP contribution in [-0.2, 0) is 10.0 Å². The van der Waals surface area contributed by atoms with Crippen molar-refractivity contribution in [3.8, 4) is 0 Å². The molecule has 0 bridgehead atoms. The van der Waals surface area contributed by atoms with Crippen LogP contribution in [0.4, 0.5) is 5.69 Å². The minimum absolute atomic E-state index is 0.0579. The SMILES string of the molecule is CC(C)c1cccc(NS(=O)(=O)CCCCl)c1. The Morgan fingerprint density at radius 2 is 2.06 bits per heavy atom. The minimum atomic E-state index is -3.27. The summed E-state index contributed by atoms with van der Waals surface area (Å²) in [5.74, 6) is 0.789. The number of benzene rings is 1. The Morgan fingerprint density at radius 1 is 1.35 bits per heavy atom. The quantitative estimate of drug-likeness (QED) is 0.811. The van der Waals surface area contributed by atoms with E-state index in [1.807, 2.05) is 18.2 Å². The van der Waals surface area contributed by atoms with Crippen LogP contribution in [-0.4, -0.2) is 20.1 Å². The third kappa shape index (κ3) is 4.96. The zero-order chi connectivity index (χ0) is 12.9. The van der Waals surface area contributed by atoms with Gasteiger partial charge in [-0.05, 0) is 30.0 Å². The van der Waals surface area contributed by atoms with Gasteiger partial charge < -0.3 is 0 Å². The molecule has 0 aliphatic carbocycles. The largest absolute Gasteiger partial charge is 0.284 e. The predicted molar refractivity (Wildman–Crippen MR) is 73.3 cm³/mol. The summed E-state index contributed by atoms with van der Waals surface area (Å²) in [6.45, 7) is 4.14. The van der Waals surface area contributed by atoms with Gasteiger partial charge in [0.2, 0.25) is 10.0 Å². The van der Waals surface area contributed by atoms with E-state index >= 15 is 0 Å². The number of rotatable bonds is 6. The lowest BCUT2D eigenvalue weighted by Crippen LogP contribution is -2.17. The molecule has 0 spiro atoms. The monoisotopic (exact) mass is 275 g/mol. The van der Waals surface area contributed by atoms with E-state index in [0.29, 0.717) is 23.9 Å². The van der Waals surface area contributed by atoms with Gasteiger partial charge in [0.15, 0.2) is 0 Å². The summed E-state index contributed by atoms with van der Waals surface area (Å²) in [5.41, 5.74) is 1.73. The van der Waals surface area contributed by atoms with Crippen molar-refractivity contribution in [3.05, 3.63) is 29.8 Å². The molecule has 3 nitrogen and oxygen atoms in total. The van der Waals surface area contributed by atoms with E-state index in [0.717, 1.165) is 5.56 Å². The first-order valence-electron chi connectivity index (χ1n) is 5.61. The molecule has 1 rings (SSSR count). The zero-order valence-electron chi connectivity index (χ0n) is 10.1. The maximum absolute atomic E-state index is 11.7. The lowest BCUT2D eigenvalue weighted by Gasteiger charge is -2.10. The molecule has 96 valence electrons. The second-order valence-corrected chi connectivity index (χ2v) is 6.46. The number of sulfonamides is 1. The van der Waals surface area contributed by atoms with E-state index in [4.69, 9.17) is 11.6 Å². The molecule has 0 atom stereocenters. The molecule has 1 aromatic rings. The van der Waals surface area contributed by atoms with Crippen molar-refractivity contribution in [3.63, 3.8) is 0 Å². The summed E-state index contributed by atoms with van der Waals surface area (Å²) in [7, 11) is -3.27. The van der Waals surface area contributed by atoms with Crippen LogP contribution < -0.4 is 4.72 Å². The Hall–Kier alpha value is -0.740. The standard InChI is InChI=1S/C12H18ClNO2S/c1-10(2)11-5-3-6-12(9-11)14-17(15,16)8-4-7-13/h3,5-6,9-10,14H,4,7-8H2,1-2H3. The van der Waals surface area contributed by atoms with E-state index in [2.05, 4.69) is 18.6 Å². The number of nitrogens with one attached hydrogen (secondary N) is 1. The van der Waals surface area contributed by atoms with Crippen molar-refractivity contribution in [1.29, 1.82) is 0 Å². The van der Waals surface area contributed by atoms with Crippen LogP contribution in [0.5, 0.6) is 0 Å². The third-order valence-corrected chi connectivity index (χ3v) is 4.01. The summed E-state index contributed by atoms with van der Waals surface area (Å²) in [6, 6.07) is 7.46. The van der Waals surface area contributed by atoms with Crippen molar-refractivity contribution in [1.82, 2.24) is 0 Å². The van der Waals surface area contributed by atoms with Gasteiger partial charge in [0, 0.05) is 11.6 Å². The van der Waals surface area contributed by atoms with Crippen LogP contribution in [0.3, 0.4) is 0 Å². The van der Waals surface area contributed by atoms with Crippen molar-refractivity contribution in [2.45, 2.75) is 26.2 Å². The molecule has 0 heterocycles. The number of hydrogen-bond donors (Lipinski definition) is 1. The Morgan fingerprint density at radius 3 is 2.65 bits per heavy atom. The average molecular weight is 276 g/mol. The smallest absolute Gasteiger partial charge is 0.232 e. The van der Waals surface area contributed by atoms with Crippen molar-refractivity contribution < 1.29 is 8.42 Å². The van der Waals surface area contributed by atoms with Crippen LogP contribution in [0.2, 0.25) is 0 Å². The topological polar surface area (TPSA) is 46.2 Å². The van der Waals surface area contributed by atoms with E-state index in [-0.39, 0.29) is 5.75 Å². The normalized spacial score (nSPS) is 11.8. The molecule has 0 unspecified atom stereocenters. The summed E-state index contributed by atoms with van der Waals surface area (Å²) < 4.78 is 25.9. The van der Waals surface area contributed by atoms with E-state index < -0.39 is 10.0 Å². The number of anilines is 1. The minimum Gasteiger partial charge on any atom is -0.284 e. The Balaban J connectivity index is 2.78. The highest BCUT2D eigenvalue weighted by atomic mass is 35.5. The summed E-state index contributed by atoms with van der Waals surface area (Å²) >= 11 is 5.49. The summed E-state index contributed by atoms with van der Waals surface area (Å²) in [4.78, 5) is 0. The first kappa shape index (κ1) is 14.3. The molecule has 1 N–H and O–H groups in total. The second-order valence-electron chi connectivity index (χ2n) is 4.24. The summed E-state index contributed by atoms with van der Waals surface area (Å²) in [5, 5.41) is 0. The zero-order valence-corrected chi connectivity index (χ0v) is 11.7. The molecule has 1 aromatic carbocycles. The maximum Gasteiger partial charge on any atom is 0.232 e. The van der Waals surface area contributed by atoms with Crippen molar-refractivity contribution in [2.75, 3.05) is 16.4 Å². The molecular weight excluding hydrogens is 258 g/mol. The van der Waals surface area contributed by atoms with Gasteiger partial charge in [-0.3, -0.25) is 4.72 Å². The second kappa shape index (κ2) is 6.26. The Labute approximate surface area is 108 Å². The van der Waals surface area contributed by atoms with Crippen molar-refractivity contribution >= 4 is 27.3 Å². The number of hydrogen-bond acceptors (Lipinski definition) is 2. The van der Waals surface area contributed by atoms with Gasteiger partial charge in [-0.2, -0.15) is 0 Å². The fourth-order valence-electron chi connectivity index (χ4n) is 1.44. The molecule has 5 heteroatoms. The Bertz CT molecular complexity index is 457. The fourth-order valence-corrected chi connectivity index (χ4v) is 2.84. The van der Waals surface area contributed by atoms with E-state index in [1.54, 1.807) is 6.07 Å². The lowest BCUT2D eigenvalue weighted by atomic mass is 10.0. The third-order valence-electron chi connectivity index (χ3n) is 2.37. The first-order chi connectivity index (χ1) is 7.94. The highest BCUT2D eigenvalue weighted by Crippen LogP contribution is 2.19.